The van der Waals surface area contributed by atoms with E-state index in [0.29, 0.717) is 0 Å². The highest BCUT2D eigenvalue weighted by atomic mass is 32.2. The zero-order chi connectivity index (χ0) is 21.3. The van der Waals surface area contributed by atoms with E-state index in [9.17, 15) is 28.1 Å². The first-order chi connectivity index (χ1) is 12.9. The summed E-state index contributed by atoms with van der Waals surface area (Å²) in [5.41, 5.74) is -3.50. The monoisotopic (exact) mass is 411 g/mol. The predicted molar refractivity (Wildman–Crippen MR) is 98.8 cm³/mol. The van der Waals surface area contributed by atoms with Crippen molar-refractivity contribution in [3.8, 4) is 0 Å². The number of para-hydroxylation sites is 1. The summed E-state index contributed by atoms with van der Waals surface area (Å²) in [5, 5.41) is 11.2. The molecule has 11 heteroatoms. The number of amides is 1. The summed E-state index contributed by atoms with van der Waals surface area (Å²) in [5.74, 6) is -1.31. The van der Waals surface area contributed by atoms with Crippen molar-refractivity contribution in [1.82, 2.24) is 9.62 Å². The Kier molecular flexibility index (Phi) is 5.62. The third kappa shape index (κ3) is 3.50. The zero-order valence-corrected chi connectivity index (χ0v) is 16.5. The lowest BCUT2D eigenvalue weighted by Crippen LogP contribution is -2.78. The predicted octanol–water partition coefficient (Wildman–Crippen LogP) is 0.982. The third-order valence-corrected chi connectivity index (χ3v) is 6.20. The smallest absolute Gasteiger partial charge is 0.331 e. The second-order valence-electron chi connectivity index (χ2n) is 6.85. The fourth-order valence-electron chi connectivity index (χ4n) is 3.05. The normalized spacial score (nSPS) is 19.7. The average molecular weight is 411 g/mol. The number of hydrogen-bond acceptors (Lipinski definition) is 7. The van der Waals surface area contributed by atoms with Gasteiger partial charge in [0.25, 0.3) is 5.69 Å². The molecule has 1 fully saturated rings. The van der Waals surface area contributed by atoms with Gasteiger partial charge < -0.3 is 9.64 Å². The van der Waals surface area contributed by atoms with Crippen LogP contribution >= 0.6 is 0 Å². The Balaban J connectivity index is 2.40. The van der Waals surface area contributed by atoms with Gasteiger partial charge in [0.05, 0.1) is 18.6 Å². The van der Waals surface area contributed by atoms with Crippen molar-refractivity contribution in [3.05, 3.63) is 47.0 Å². The fourth-order valence-corrected chi connectivity index (χ4v) is 4.59. The zero-order valence-electron chi connectivity index (χ0n) is 15.7. The summed E-state index contributed by atoms with van der Waals surface area (Å²) >= 11 is 0. The molecule has 1 atom stereocenters. The lowest BCUT2D eigenvalue weighted by atomic mass is 9.82. The van der Waals surface area contributed by atoms with Crippen molar-refractivity contribution < 1.29 is 27.7 Å². The number of sulfonamides is 1. The first-order valence-electron chi connectivity index (χ1n) is 8.22. The number of carbonyl (C=O) groups excluding carboxylic acids is 2. The number of β-lactam (4-membered cyclic amide) rings is 1. The average Bonchev–Trinajstić information content (AvgIpc) is 2.64. The second-order valence-corrected chi connectivity index (χ2v) is 8.50. The van der Waals surface area contributed by atoms with Gasteiger partial charge in [-0.2, -0.15) is 4.72 Å². The third-order valence-electron chi connectivity index (χ3n) is 4.62. The van der Waals surface area contributed by atoms with Crippen LogP contribution in [0.15, 0.2) is 41.8 Å². The van der Waals surface area contributed by atoms with Crippen LogP contribution in [0.2, 0.25) is 0 Å². The van der Waals surface area contributed by atoms with Gasteiger partial charge in [-0.25, -0.2) is 13.2 Å². The number of nitro groups is 1. The van der Waals surface area contributed by atoms with Gasteiger partial charge in [-0.3, -0.25) is 14.9 Å². The molecular formula is C17H21N3O7S. The standard InChI is InChI=1S/C17H21N3O7S/c1-5-10-17(11-19(14(17)21)16(2,3)15(22)27-4)18-28(25,26)13-9-7-6-8-12(13)20(23)24/h5-9,18H,1,10-11H2,2-4H3. The summed E-state index contributed by atoms with van der Waals surface area (Å²) in [7, 11) is -3.22. The van der Waals surface area contributed by atoms with Gasteiger partial charge in [-0.15, -0.1) is 6.58 Å². The van der Waals surface area contributed by atoms with Crippen molar-refractivity contribution in [3.63, 3.8) is 0 Å². The SMILES string of the molecule is C=CCC1(NS(=O)(=O)c2ccccc2[N+](=O)[O-])CN(C(C)(C)C(=O)OC)C1=O. The van der Waals surface area contributed by atoms with E-state index < -0.39 is 48.5 Å². The van der Waals surface area contributed by atoms with Crippen LogP contribution in [0, 0.1) is 10.1 Å². The van der Waals surface area contributed by atoms with Gasteiger partial charge in [-0.1, -0.05) is 18.2 Å². The molecule has 0 radical (unpaired) electrons. The number of benzene rings is 1. The largest absolute Gasteiger partial charge is 0.467 e. The molecule has 1 aromatic rings. The van der Waals surface area contributed by atoms with E-state index in [-0.39, 0.29) is 13.0 Å². The number of likely N-dealkylation sites (tertiary alicyclic amines) is 1. The van der Waals surface area contributed by atoms with Crippen LogP contribution < -0.4 is 4.72 Å². The number of nitrogens with one attached hydrogen (secondary N) is 1. The van der Waals surface area contributed by atoms with Crippen LogP contribution in [0.4, 0.5) is 5.69 Å². The first kappa shape index (κ1) is 21.5. The first-order valence-corrected chi connectivity index (χ1v) is 9.70. The van der Waals surface area contributed by atoms with Gasteiger partial charge in [0.1, 0.15) is 11.1 Å². The molecule has 1 amide bonds. The summed E-state index contributed by atoms with van der Waals surface area (Å²) in [6.07, 6.45) is 1.31. The number of nitro benzene ring substituents is 1. The van der Waals surface area contributed by atoms with Crippen LogP contribution in [-0.2, 0) is 24.3 Å². The molecule has 1 unspecified atom stereocenters. The van der Waals surface area contributed by atoms with Crippen LogP contribution in [0.3, 0.4) is 0 Å². The van der Waals surface area contributed by atoms with Gasteiger partial charge in [0, 0.05) is 6.07 Å². The molecule has 1 aliphatic heterocycles. The number of methoxy groups -OCH3 is 1. The minimum atomic E-state index is -4.41. The van der Waals surface area contributed by atoms with Crippen molar-refractivity contribution in [2.24, 2.45) is 0 Å². The summed E-state index contributed by atoms with van der Waals surface area (Å²) in [4.78, 5) is 35.8. The van der Waals surface area contributed by atoms with E-state index in [1.54, 1.807) is 0 Å². The van der Waals surface area contributed by atoms with Crippen LogP contribution in [0.5, 0.6) is 0 Å². The maximum atomic E-state index is 12.9. The molecule has 10 nitrogen and oxygen atoms in total. The molecule has 0 saturated carbocycles. The molecule has 1 N–H and O–H groups in total. The van der Waals surface area contributed by atoms with Crippen molar-refractivity contribution in [2.45, 2.75) is 36.2 Å². The Labute approximate surface area is 162 Å². The van der Waals surface area contributed by atoms with Crippen LogP contribution in [-0.4, -0.2) is 54.8 Å². The minimum absolute atomic E-state index is 0.0561. The molecule has 152 valence electrons. The highest BCUT2D eigenvalue weighted by Crippen LogP contribution is 2.36. The molecule has 0 aliphatic carbocycles. The summed E-state index contributed by atoms with van der Waals surface area (Å²) in [6.45, 7) is 6.37. The number of rotatable bonds is 8. The van der Waals surface area contributed by atoms with Crippen LogP contribution in [0.25, 0.3) is 0 Å². The van der Waals surface area contributed by atoms with Crippen molar-refractivity contribution in [2.75, 3.05) is 13.7 Å². The Morgan fingerprint density at radius 3 is 2.57 bits per heavy atom. The number of esters is 1. The molecule has 0 spiro atoms. The highest BCUT2D eigenvalue weighted by molar-refractivity contribution is 7.89. The van der Waals surface area contributed by atoms with E-state index in [1.165, 1.54) is 44.1 Å². The van der Waals surface area contributed by atoms with Gasteiger partial charge >= 0.3 is 5.97 Å². The summed E-state index contributed by atoms with van der Waals surface area (Å²) < 4.78 is 32.6. The molecule has 1 saturated heterocycles. The highest BCUT2D eigenvalue weighted by Gasteiger charge is 2.59. The Hall–Kier alpha value is -2.79. The lowest BCUT2D eigenvalue weighted by molar-refractivity contribution is -0.387. The minimum Gasteiger partial charge on any atom is -0.467 e. The molecule has 28 heavy (non-hydrogen) atoms. The second kappa shape index (κ2) is 7.32. The maximum Gasteiger partial charge on any atom is 0.331 e. The molecule has 0 aromatic heterocycles. The Morgan fingerprint density at radius 2 is 2.07 bits per heavy atom. The molecular weight excluding hydrogens is 390 g/mol. The molecule has 0 bridgehead atoms. The lowest BCUT2D eigenvalue weighted by Gasteiger charge is -2.53. The summed E-state index contributed by atoms with van der Waals surface area (Å²) in [6, 6.07) is 4.83. The van der Waals surface area contributed by atoms with E-state index >= 15 is 0 Å². The van der Waals surface area contributed by atoms with Crippen molar-refractivity contribution in [1.29, 1.82) is 0 Å². The number of carbonyl (C=O) groups is 2. The number of ether oxygens (including phenoxy) is 1. The maximum absolute atomic E-state index is 12.9. The fraction of sp³-hybridized carbons (Fsp3) is 0.412. The van der Waals surface area contributed by atoms with E-state index in [4.69, 9.17) is 4.74 Å². The molecule has 1 aliphatic rings. The number of nitrogens with zero attached hydrogens (tertiary/aromatic N) is 2. The van der Waals surface area contributed by atoms with E-state index in [2.05, 4.69) is 11.3 Å². The molecule has 2 rings (SSSR count). The van der Waals surface area contributed by atoms with Crippen LogP contribution in [0.1, 0.15) is 20.3 Å². The van der Waals surface area contributed by atoms with E-state index in [1.807, 2.05) is 0 Å². The Morgan fingerprint density at radius 1 is 1.46 bits per heavy atom. The van der Waals surface area contributed by atoms with Crippen molar-refractivity contribution >= 4 is 27.6 Å². The Bertz CT molecular complexity index is 942. The van der Waals surface area contributed by atoms with Gasteiger partial charge in [0.2, 0.25) is 15.9 Å². The molecule has 1 aromatic carbocycles. The van der Waals surface area contributed by atoms with E-state index in [0.717, 1.165) is 12.1 Å². The number of hydrogen-bond donors (Lipinski definition) is 1. The van der Waals surface area contributed by atoms with Gasteiger partial charge in [-0.05, 0) is 26.3 Å². The van der Waals surface area contributed by atoms with Gasteiger partial charge in [0.15, 0.2) is 4.90 Å². The quantitative estimate of drug-likeness (QED) is 0.221. The molecule has 1 heterocycles. The topological polar surface area (TPSA) is 136 Å².